The predicted octanol–water partition coefficient (Wildman–Crippen LogP) is 4.63. The van der Waals surface area contributed by atoms with Crippen LogP contribution in [0.15, 0.2) is 42.6 Å². The van der Waals surface area contributed by atoms with Crippen molar-refractivity contribution in [1.82, 2.24) is 4.57 Å². The lowest BCUT2D eigenvalue weighted by atomic mass is 10.0. The van der Waals surface area contributed by atoms with Gasteiger partial charge in [-0.2, -0.15) is 0 Å². The van der Waals surface area contributed by atoms with Crippen LogP contribution < -0.4 is 0 Å². The molecular weight excluding hydrogens is 373 g/mol. The Morgan fingerprint density at radius 2 is 1.86 bits per heavy atom. The van der Waals surface area contributed by atoms with Gasteiger partial charge in [-0.25, -0.2) is 0 Å². The molecular formula is C18H16INO. The Morgan fingerprint density at radius 3 is 2.62 bits per heavy atom. The van der Waals surface area contributed by atoms with Gasteiger partial charge >= 0.3 is 0 Å². The molecule has 0 aliphatic rings. The Morgan fingerprint density at radius 1 is 1.10 bits per heavy atom. The second-order valence-electron chi connectivity index (χ2n) is 5.44. The minimum atomic E-state index is 0.0950. The van der Waals surface area contributed by atoms with Gasteiger partial charge < -0.3 is 4.57 Å². The van der Waals surface area contributed by atoms with Crippen LogP contribution in [0, 0.1) is 17.4 Å². The Labute approximate surface area is 137 Å². The zero-order valence-corrected chi connectivity index (χ0v) is 14.4. The highest BCUT2D eigenvalue weighted by Crippen LogP contribution is 2.26. The van der Waals surface area contributed by atoms with Gasteiger partial charge in [-0.3, -0.25) is 4.79 Å². The number of benzene rings is 2. The van der Waals surface area contributed by atoms with Gasteiger partial charge in [0.05, 0.1) is 0 Å². The van der Waals surface area contributed by atoms with Crippen molar-refractivity contribution in [1.29, 1.82) is 0 Å². The molecule has 0 aliphatic carbocycles. The van der Waals surface area contributed by atoms with E-state index in [1.807, 2.05) is 49.0 Å². The van der Waals surface area contributed by atoms with Crippen molar-refractivity contribution in [3.05, 3.63) is 68.4 Å². The molecule has 1 aromatic heterocycles. The van der Waals surface area contributed by atoms with E-state index in [4.69, 9.17) is 0 Å². The lowest BCUT2D eigenvalue weighted by molar-refractivity contribution is 0.103. The first-order chi connectivity index (χ1) is 9.99. The molecule has 0 amide bonds. The summed E-state index contributed by atoms with van der Waals surface area (Å²) in [7, 11) is 1.99. The Balaban J connectivity index is 2.21. The molecule has 0 saturated carbocycles. The third kappa shape index (κ3) is 2.39. The molecule has 106 valence electrons. The molecule has 0 unspecified atom stereocenters. The summed E-state index contributed by atoms with van der Waals surface area (Å²) in [6.07, 6.45) is 1.94. The lowest BCUT2D eigenvalue weighted by Gasteiger charge is -2.05. The molecule has 2 nitrogen and oxygen atoms in total. The summed E-state index contributed by atoms with van der Waals surface area (Å²) in [5, 5.41) is 1.02. The molecule has 0 radical (unpaired) electrons. The normalized spacial score (nSPS) is 11.0. The molecule has 3 heteroatoms. The van der Waals surface area contributed by atoms with Crippen molar-refractivity contribution in [2.24, 2.45) is 7.05 Å². The van der Waals surface area contributed by atoms with Crippen LogP contribution in [0.25, 0.3) is 10.9 Å². The SMILES string of the molecule is Cc1ccc2c(C(=O)c3cccc(C)c3I)cn(C)c2c1. The number of hydrogen-bond donors (Lipinski definition) is 0. The van der Waals surface area contributed by atoms with E-state index in [-0.39, 0.29) is 5.78 Å². The monoisotopic (exact) mass is 389 g/mol. The molecule has 1 heterocycles. The highest BCUT2D eigenvalue weighted by molar-refractivity contribution is 14.1. The maximum Gasteiger partial charge on any atom is 0.196 e. The minimum Gasteiger partial charge on any atom is -0.350 e. The fourth-order valence-electron chi connectivity index (χ4n) is 2.64. The summed E-state index contributed by atoms with van der Waals surface area (Å²) >= 11 is 2.26. The minimum absolute atomic E-state index is 0.0950. The van der Waals surface area contributed by atoms with E-state index in [1.54, 1.807) is 0 Å². The van der Waals surface area contributed by atoms with E-state index in [9.17, 15) is 4.79 Å². The second-order valence-corrected chi connectivity index (χ2v) is 6.52. The number of ketones is 1. The largest absolute Gasteiger partial charge is 0.350 e. The van der Waals surface area contributed by atoms with E-state index in [0.717, 1.165) is 31.2 Å². The molecule has 0 N–H and O–H groups in total. The van der Waals surface area contributed by atoms with Gasteiger partial charge in [-0.1, -0.05) is 24.3 Å². The Hall–Kier alpha value is -1.62. The summed E-state index contributed by atoms with van der Waals surface area (Å²) in [4.78, 5) is 12.9. The number of fused-ring (bicyclic) bond motifs is 1. The first-order valence-corrected chi connectivity index (χ1v) is 7.92. The molecule has 21 heavy (non-hydrogen) atoms. The number of carbonyl (C=O) groups is 1. The van der Waals surface area contributed by atoms with Crippen LogP contribution in [0.3, 0.4) is 0 Å². The van der Waals surface area contributed by atoms with Crippen molar-refractivity contribution < 1.29 is 4.79 Å². The summed E-state index contributed by atoms with van der Waals surface area (Å²) in [5.74, 6) is 0.0950. The van der Waals surface area contributed by atoms with E-state index in [0.29, 0.717) is 0 Å². The number of nitrogens with zero attached hydrogens (tertiary/aromatic N) is 1. The highest BCUT2D eigenvalue weighted by Gasteiger charge is 2.18. The van der Waals surface area contributed by atoms with Crippen molar-refractivity contribution in [3.8, 4) is 0 Å². The topological polar surface area (TPSA) is 22.0 Å². The van der Waals surface area contributed by atoms with E-state index in [2.05, 4.69) is 41.6 Å². The van der Waals surface area contributed by atoms with Crippen molar-refractivity contribution in [2.75, 3.05) is 0 Å². The third-order valence-corrected chi connectivity index (χ3v) is 5.26. The molecule has 0 spiro atoms. The smallest absolute Gasteiger partial charge is 0.196 e. The fraction of sp³-hybridized carbons (Fsp3) is 0.167. The van der Waals surface area contributed by atoms with Gasteiger partial charge in [0.25, 0.3) is 0 Å². The zero-order valence-electron chi connectivity index (χ0n) is 12.3. The van der Waals surface area contributed by atoms with E-state index >= 15 is 0 Å². The average molecular weight is 389 g/mol. The standard InChI is InChI=1S/C18H16INO/c1-11-7-8-13-15(10-20(3)16(13)9-11)18(21)14-6-4-5-12(2)17(14)19/h4-10H,1-3H3. The maximum absolute atomic E-state index is 12.9. The first-order valence-electron chi connectivity index (χ1n) is 6.84. The van der Waals surface area contributed by atoms with Gasteiger partial charge in [-0.05, 0) is 59.7 Å². The molecule has 0 aliphatic heterocycles. The number of aromatic nitrogens is 1. The number of rotatable bonds is 2. The van der Waals surface area contributed by atoms with Gasteiger partial charge in [0.1, 0.15) is 0 Å². The van der Waals surface area contributed by atoms with Gasteiger partial charge in [0, 0.05) is 38.8 Å². The lowest BCUT2D eigenvalue weighted by Crippen LogP contribution is -2.04. The molecule has 0 saturated heterocycles. The predicted molar refractivity (Wildman–Crippen MR) is 95.0 cm³/mol. The summed E-state index contributed by atoms with van der Waals surface area (Å²) in [6.45, 7) is 4.10. The average Bonchev–Trinajstić information content (AvgIpc) is 2.78. The van der Waals surface area contributed by atoms with E-state index < -0.39 is 0 Å². The first kappa shape index (κ1) is 14.3. The highest BCUT2D eigenvalue weighted by atomic mass is 127. The van der Waals surface area contributed by atoms with Crippen molar-refractivity contribution in [3.63, 3.8) is 0 Å². The number of hydrogen-bond acceptors (Lipinski definition) is 1. The third-order valence-electron chi connectivity index (χ3n) is 3.83. The molecule has 3 aromatic rings. The molecule has 0 atom stereocenters. The second kappa shape index (κ2) is 5.30. The Kier molecular flexibility index (Phi) is 3.61. The number of carbonyl (C=O) groups excluding carboxylic acids is 1. The summed E-state index contributed by atoms with van der Waals surface area (Å²) < 4.78 is 3.06. The van der Waals surface area contributed by atoms with Crippen LogP contribution >= 0.6 is 22.6 Å². The Bertz CT molecular complexity index is 861. The fourth-order valence-corrected chi connectivity index (χ4v) is 3.25. The summed E-state index contributed by atoms with van der Waals surface area (Å²) in [6, 6.07) is 12.1. The van der Waals surface area contributed by atoms with Crippen LogP contribution in [-0.4, -0.2) is 10.4 Å². The maximum atomic E-state index is 12.9. The van der Waals surface area contributed by atoms with Crippen LogP contribution in [-0.2, 0) is 7.05 Å². The summed E-state index contributed by atoms with van der Waals surface area (Å²) in [5.41, 5.74) is 4.99. The van der Waals surface area contributed by atoms with Gasteiger partial charge in [0.2, 0.25) is 0 Å². The molecule has 0 fully saturated rings. The van der Waals surface area contributed by atoms with E-state index in [1.165, 1.54) is 5.56 Å². The van der Waals surface area contributed by atoms with Crippen LogP contribution in [0.5, 0.6) is 0 Å². The van der Waals surface area contributed by atoms with Crippen molar-refractivity contribution >= 4 is 39.3 Å². The molecule has 3 rings (SSSR count). The van der Waals surface area contributed by atoms with Crippen LogP contribution in [0.4, 0.5) is 0 Å². The molecule has 2 aromatic carbocycles. The quantitative estimate of drug-likeness (QED) is 0.463. The van der Waals surface area contributed by atoms with Crippen molar-refractivity contribution in [2.45, 2.75) is 13.8 Å². The van der Waals surface area contributed by atoms with Gasteiger partial charge in [-0.15, -0.1) is 0 Å². The van der Waals surface area contributed by atoms with Crippen LogP contribution in [0.2, 0.25) is 0 Å². The zero-order chi connectivity index (χ0) is 15.1. The number of halogens is 1. The number of aryl methyl sites for hydroxylation is 3. The molecule has 0 bridgehead atoms. The van der Waals surface area contributed by atoms with Crippen LogP contribution in [0.1, 0.15) is 27.0 Å². The van der Waals surface area contributed by atoms with Gasteiger partial charge in [0.15, 0.2) is 5.78 Å².